The van der Waals surface area contributed by atoms with Crippen LogP contribution in [0.2, 0.25) is 0 Å². The number of hydrogen-bond donors (Lipinski definition) is 1. The fourth-order valence-corrected chi connectivity index (χ4v) is 3.38. The number of aromatic amines is 1. The van der Waals surface area contributed by atoms with E-state index in [1.807, 2.05) is 6.92 Å². The standard InChI is InChI=1S/C14H25N5O/c1-3-4-12-9-20-10-13-7-18(5-6-19(12)13)8-14-15-11(2)16-17-14/h12-13H,3-10H2,1-2H3,(H,15,16,17)/t12-,13+/m0/s1. The molecular weight excluding hydrogens is 254 g/mol. The number of ether oxygens (including phenoxy) is 1. The van der Waals surface area contributed by atoms with Gasteiger partial charge in [-0.3, -0.25) is 14.9 Å². The van der Waals surface area contributed by atoms with Crippen LogP contribution in [-0.4, -0.2) is 69.9 Å². The van der Waals surface area contributed by atoms with Crippen LogP contribution in [0.25, 0.3) is 0 Å². The van der Waals surface area contributed by atoms with Crippen molar-refractivity contribution in [3.63, 3.8) is 0 Å². The van der Waals surface area contributed by atoms with Crippen molar-refractivity contribution in [2.24, 2.45) is 0 Å². The highest BCUT2D eigenvalue weighted by Gasteiger charge is 2.35. The third-order valence-electron chi connectivity index (χ3n) is 4.33. The molecule has 112 valence electrons. The molecule has 0 bridgehead atoms. The molecule has 2 aliphatic rings. The fourth-order valence-electron chi connectivity index (χ4n) is 3.38. The van der Waals surface area contributed by atoms with Gasteiger partial charge < -0.3 is 4.74 Å². The predicted molar refractivity (Wildman–Crippen MR) is 76.4 cm³/mol. The van der Waals surface area contributed by atoms with Crippen LogP contribution in [0.5, 0.6) is 0 Å². The Morgan fingerprint density at radius 1 is 1.35 bits per heavy atom. The largest absolute Gasteiger partial charge is 0.378 e. The summed E-state index contributed by atoms with van der Waals surface area (Å²) in [6.07, 6.45) is 2.48. The maximum absolute atomic E-state index is 5.80. The molecule has 3 heterocycles. The first kappa shape index (κ1) is 14.0. The minimum absolute atomic E-state index is 0.536. The topological polar surface area (TPSA) is 57.3 Å². The molecule has 2 atom stereocenters. The molecule has 1 aromatic heterocycles. The van der Waals surface area contributed by atoms with Gasteiger partial charge in [0.05, 0.1) is 19.8 Å². The Morgan fingerprint density at radius 2 is 2.25 bits per heavy atom. The van der Waals surface area contributed by atoms with E-state index in [0.717, 1.165) is 51.0 Å². The zero-order valence-electron chi connectivity index (χ0n) is 12.5. The van der Waals surface area contributed by atoms with Gasteiger partial charge in [-0.15, -0.1) is 0 Å². The van der Waals surface area contributed by atoms with Crippen molar-refractivity contribution in [2.75, 3.05) is 32.8 Å². The van der Waals surface area contributed by atoms with Gasteiger partial charge >= 0.3 is 0 Å². The number of H-pyrrole nitrogens is 1. The molecule has 0 spiro atoms. The van der Waals surface area contributed by atoms with Gasteiger partial charge in [-0.2, -0.15) is 5.10 Å². The van der Waals surface area contributed by atoms with Crippen molar-refractivity contribution >= 4 is 0 Å². The zero-order valence-corrected chi connectivity index (χ0v) is 12.5. The van der Waals surface area contributed by atoms with E-state index in [-0.39, 0.29) is 0 Å². The lowest BCUT2D eigenvalue weighted by molar-refractivity contribution is -0.0843. The maximum Gasteiger partial charge on any atom is 0.164 e. The highest BCUT2D eigenvalue weighted by molar-refractivity contribution is 4.93. The van der Waals surface area contributed by atoms with Gasteiger partial charge in [-0.05, 0) is 13.3 Å². The Bertz CT molecular complexity index is 433. The zero-order chi connectivity index (χ0) is 13.9. The van der Waals surface area contributed by atoms with Crippen molar-refractivity contribution in [1.29, 1.82) is 0 Å². The number of hydrogen-bond acceptors (Lipinski definition) is 5. The lowest BCUT2D eigenvalue weighted by atomic mass is 10.0. The molecule has 0 amide bonds. The number of fused-ring (bicyclic) bond motifs is 1. The average Bonchev–Trinajstić information content (AvgIpc) is 2.84. The van der Waals surface area contributed by atoms with E-state index in [1.165, 1.54) is 12.8 Å². The van der Waals surface area contributed by atoms with Crippen LogP contribution in [0.3, 0.4) is 0 Å². The van der Waals surface area contributed by atoms with Crippen LogP contribution in [-0.2, 0) is 11.3 Å². The second-order valence-electron chi connectivity index (χ2n) is 5.94. The summed E-state index contributed by atoms with van der Waals surface area (Å²) in [5.41, 5.74) is 0. The number of rotatable bonds is 4. The Balaban J connectivity index is 1.58. The summed E-state index contributed by atoms with van der Waals surface area (Å²) in [5, 5.41) is 7.15. The predicted octanol–water partition coefficient (Wildman–Crippen LogP) is 0.798. The van der Waals surface area contributed by atoms with Gasteiger partial charge in [0.1, 0.15) is 5.82 Å². The second-order valence-corrected chi connectivity index (χ2v) is 5.94. The van der Waals surface area contributed by atoms with E-state index in [2.05, 4.69) is 31.9 Å². The Labute approximate surface area is 120 Å². The van der Waals surface area contributed by atoms with E-state index < -0.39 is 0 Å². The third-order valence-corrected chi connectivity index (χ3v) is 4.33. The van der Waals surface area contributed by atoms with E-state index >= 15 is 0 Å². The number of aromatic nitrogens is 3. The molecule has 2 aliphatic heterocycles. The number of morpholine rings is 1. The Hall–Kier alpha value is -0.980. The van der Waals surface area contributed by atoms with Gasteiger partial charge in [-0.1, -0.05) is 13.3 Å². The minimum atomic E-state index is 0.536. The van der Waals surface area contributed by atoms with Crippen LogP contribution in [0.15, 0.2) is 0 Å². The van der Waals surface area contributed by atoms with Crippen molar-refractivity contribution in [2.45, 2.75) is 45.3 Å². The number of piperazine rings is 1. The molecule has 0 aliphatic carbocycles. The van der Waals surface area contributed by atoms with Crippen LogP contribution < -0.4 is 0 Å². The summed E-state index contributed by atoms with van der Waals surface area (Å²) >= 11 is 0. The summed E-state index contributed by atoms with van der Waals surface area (Å²) < 4.78 is 5.80. The molecule has 2 saturated heterocycles. The van der Waals surface area contributed by atoms with Gasteiger partial charge in [0.25, 0.3) is 0 Å². The second kappa shape index (κ2) is 6.20. The van der Waals surface area contributed by atoms with Crippen LogP contribution in [0, 0.1) is 6.92 Å². The van der Waals surface area contributed by atoms with Gasteiger partial charge in [0.15, 0.2) is 5.82 Å². The number of nitrogens with zero attached hydrogens (tertiary/aromatic N) is 4. The smallest absolute Gasteiger partial charge is 0.164 e. The molecule has 6 nitrogen and oxygen atoms in total. The van der Waals surface area contributed by atoms with E-state index in [1.54, 1.807) is 0 Å². The quantitative estimate of drug-likeness (QED) is 0.883. The van der Waals surface area contributed by atoms with Crippen molar-refractivity contribution < 1.29 is 4.74 Å². The molecule has 0 saturated carbocycles. The van der Waals surface area contributed by atoms with Gasteiger partial charge in [0.2, 0.25) is 0 Å². The van der Waals surface area contributed by atoms with Crippen LogP contribution in [0.4, 0.5) is 0 Å². The summed E-state index contributed by atoms with van der Waals surface area (Å²) in [7, 11) is 0. The lowest BCUT2D eigenvalue weighted by Crippen LogP contribution is -2.61. The molecule has 1 aromatic rings. The highest BCUT2D eigenvalue weighted by atomic mass is 16.5. The molecule has 20 heavy (non-hydrogen) atoms. The SMILES string of the molecule is CCC[C@H]1COC[C@H]2CN(Cc3n[nH]c(C)n3)CCN12. The third kappa shape index (κ3) is 3.02. The fraction of sp³-hybridized carbons (Fsp3) is 0.857. The molecule has 0 radical (unpaired) electrons. The molecule has 1 N–H and O–H groups in total. The van der Waals surface area contributed by atoms with Crippen molar-refractivity contribution in [1.82, 2.24) is 25.0 Å². The maximum atomic E-state index is 5.80. The molecule has 0 aromatic carbocycles. The average molecular weight is 279 g/mol. The summed E-state index contributed by atoms with van der Waals surface area (Å²) in [4.78, 5) is 9.51. The first-order valence-electron chi connectivity index (χ1n) is 7.70. The first-order valence-corrected chi connectivity index (χ1v) is 7.70. The molecule has 6 heteroatoms. The number of nitrogens with one attached hydrogen (secondary N) is 1. The minimum Gasteiger partial charge on any atom is -0.378 e. The first-order chi connectivity index (χ1) is 9.76. The number of aryl methyl sites for hydroxylation is 1. The summed E-state index contributed by atoms with van der Waals surface area (Å²) in [6, 6.07) is 1.15. The van der Waals surface area contributed by atoms with Crippen LogP contribution >= 0.6 is 0 Å². The Morgan fingerprint density at radius 3 is 3.00 bits per heavy atom. The monoisotopic (exact) mass is 279 g/mol. The molecular formula is C14H25N5O. The van der Waals surface area contributed by atoms with Gasteiger partial charge in [-0.25, -0.2) is 4.98 Å². The Kier molecular flexibility index (Phi) is 4.33. The van der Waals surface area contributed by atoms with Crippen molar-refractivity contribution in [3.05, 3.63) is 11.6 Å². The van der Waals surface area contributed by atoms with E-state index in [9.17, 15) is 0 Å². The van der Waals surface area contributed by atoms with Gasteiger partial charge in [0, 0.05) is 31.7 Å². The summed E-state index contributed by atoms with van der Waals surface area (Å²) in [6.45, 7) is 10.1. The molecule has 0 unspecified atom stereocenters. The van der Waals surface area contributed by atoms with Crippen LogP contribution in [0.1, 0.15) is 31.4 Å². The van der Waals surface area contributed by atoms with E-state index in [4.69, 9.17) is 4.74 Å². The van der Waals surface area contributed by atoms with Crippen molar-refractivity contribution in [3.8, 4) is 0 Å². The highest BCUT2D eigenvalue weighted by Crippen LogP contribution is 2.22. The van der Waals surface area contributed by atoms with E-state index in [0.29, 0.717) is 12.1 Å². The molecule has 3 rings (SSSR count). The molecule has 2 fully saturated rings. The lowest BCUT2D eigenvalue weighted by Gasteiger charge is -2.47. The normalized spacial score (nSPS) is 28.5. The summed E-state index contributed by atoms with van der Waals surface area (Å²) in [5.74, 6) is 1.79.